The number of aliphatic hydroxyl groups excluding tert-OH is 2. The molecule has 0 fully saturated rings. The van der Waals surface area contributed by atoms with Crippen molar-refractivity contribution in [3.63, 3.8) is 0 Å². The molecule has 2 N–H and O–H groups in total. The molecule has 0 aliphatic heterocycles. The van der Waals surface area contributed by atoms with Crippen molar-refractivity contribution in [1.29, 1.82) is 0 Å². The molecule has 0 heterocycles. The molecule has 1 unspecified atom stereocenters. The van der Waals surface area contributed by atoms with Gasteiger partial charge in [0.25, 0.3) is 0 Å². The van der Waals surface area contributed by atoms with Crippen molar-refractivity contribution in [1.82, 2.24) is 0 Å². The fraction of sp³-hybridized carbons (Fsp3) is 0.875. The largest absolute Gasteiger partial charge is 0.394 e. The number of hydrogen-bond acceptors (Lipinski definition) is 2. The van der Waals surface area contributed by atoms with Crippen LogP contribution in [-0.4, -0.2) is 22.9 Å². The average Bonchev–Trinajstić information content (AvgIpc) is 1.98. The maximum Gasteiger partial charge on any atom is 0.0802 e. The van der Waals surface area contributed by atoms with Crippen molar-refractivity contribution >= 4 is 0 Å². The first kappa shape index (κ1) is 9.92. The van der Waals surface area contributed by atoms with E-state index in [1.165, 1.54) is 12.8 Å². The Bertz CT molecular complexity index is 64.3. The molecule has 0 aromatic rings. The molecule has 2 nitrogen and oxygen atoms in total. The summed E-state index contributed by atoms with van der Waals surface area (Å²) < 4.78 is 0. The third-order valence-corrected chi connectivity index (χ3v) is 1.43. The Labute approximate surface area is 62.9 Å². The number of hydrogen-bond donors (Lipinski definition) is 2. The molecule has 61 valence electrons. The predicted octanol–water partition coefficient (Wildman–Crippen LogP) is 1.12. The van der Waals surface area contributed by atoms with Crippen LogP contribution in [0.2, 0.25) is 0 Å². The van der Waals surface area contributed by atoms with Crippen LogP contribution < -0.4 is 0 Å². The molecule has 0 rings (SSSR count). The minimum Gasteiger partial charge on any atom is -0.394 e. The molecule has 0 aromatic heterocycles. The number of unbranched alkanes of at least 4 members (excludes halogenated alkanes) is 3. The Morgan fingerprint density at radius 1 is 1.40 bits per heavy atom. The predicted molar refractivity (Wildman–Crippen MR) is 41.5 cm³/mol. The summed E-state index contributed by atoms with van der Waals surface area (Å²) in [5.74, 6) is 0. The highest BCUT2D eigenvalue weighted by molar-refractivity contribution is 4.73. The smallest absolute Gasteiger partial charge is 0.0802 e. The van der Waals surface area contributed by atoms with Crippen molar-refractivity contribution in [3.8, 4) is 0 Å². The first-order valence-corrected chi connectivity index (χ1v) is 3.93. The van der Waals surface area contributed by atoms with Gasteiger partial charge >= 0.3 is 0 Å². The molecular weight excluding hydrogens is 128 g/mol. The lowest BCUT2D eigenvalue weighted by Crippen LogP contribution is -2.11. The van der Waals surface area contributed by atoms with Gasteiger partial charge in [-0.05, 0) is 12.8 Å². The summed E-state index contributed by atoms with van der Waals surface area (Å²) in [6.07, 6.45) is 5.58. The zero-order valence-corrected chi connectivity index (χ0v) is 6.58. The van der Waals surface area contributed by atoms with Gasteiger partial charge in [-0.3, -0.25) is 0 Å². The molecule has 0 saturated heterocycles. The summed E-state index contributed by atoms with van der Waals surface area (Å²) in [6, 6.07) is 0. The lowest BCUT2D eigenvalue weighted by molar-refractivity contribution is 0.116. The number of rotatable bonds is 6. The topological polar surface area (TPSA) is 40.5 Å². The minimum absolute atomic E-state index is 0.147. The first-order valence-electron chi connectivity index (χ1n) is 3.93. The van der Waals surface area contributed by atoms with Crippen LogP contribution in [0.3, 0.4) is 0 Å². The maximum atomic E-state index is 8.85. The van der Waals surface area contributed by atoms with Gasteiger partial charge in [0.2, 0.25) is 0 Å². The van der Waals surface area contributed by atoms with E-state index in [4.69, 9.17) is 10.2 Å². The van der Waals surface area contributed by atoms with Crippen LogP contribution >= 0.6 is 0 Å². The van der Waals surface area contributed by atoms with Crippen LogP contribution in [0, 0.1) is 6.42 Å². The highest BCUT2D eigenvalue weighted by Gasteiger charge is 1.99. The van der Waals surface area contributed by atoms with Gasteiger partial charge in [-0.2, -0.15) is 0 Å². The third kappa shape index (κ3) is 6.05. The van der Waals surface area contributed by atoms with Gasteiger partial charge in [0.05, 0.1) is 12.7 Å². The molecule has 10 heavy (non-hydrogen) atoms. The van der Waals surface area contributed by atoms with Crippen LogP contribution in [0.4, 0.5) is 0 Å². The average molecular weight is 145 g/mol. The van der Waals surface area contributed by atoms with Crippen LogP contribution in [0.1, 0.15) is 32.6 Å². The van der Waals surface area contributed by atoms with Crippen molar-refractivity contribution in [2.45, 2.75) is 38.7 Å². The maximum absolute atomic E-state index is 8.85. The summed E-state index contributed by atoms with van der Waals surface area (Å²) in [4.78, 5) is 0. The second-order valence-corrected chi connectivity index (χ2v) is 2.48. The van der Waals surface area contributed by atoms with E-state index in [9.17, 15) is 0 Å². The summed E-state index contributed by atoms with van der Waals surface area (Å²) >= 11 is 0. The molecule has 1 atom stereocenters. The van der Waals surface area contributed by atoms with Crippen LogP contribution in [-0.2, 0) is 0 Å². The minimum atomic E-state index is -0.614. The summed E-state index contributed by atoms with van der Waals surface area (Å²) in [5.41, 5.74) is 0. The molecule has 0 aliphatic rings. The Morgan fingerprint density at radius 3 is 2.60 bits per heavy atom. The summed E-state index contributed by atoms with van der Waals surface area (Å²) in [6.45, 7) is 1.99. The highest BCUT2D eigenvalue weighted by Crippen LogP contribution is 2.03. The summed E-state index contributed by atoms with van der Waals surface area (Å²) in [7, 11) is 0. The van der Waals surface area contributed by atoms with E-state index in [2.05, 4.69) is 6.92 Å². The lowest BCUT2D eigenvalue weighted by atomic mass is 10.1. The monoisotopic (exact) mass is 145 g/mol. The van der Waals surface area contributed by atoms with Crippen LogP contribution in [0.5, 0.6) is 0 Å². The van der Waals surface area contributed by atoms with Gasteiger partial charge in [-0.15, -0.1) is 0 Å². The highest BCUT2D eigenvalue weighted by atomic mass is 16.3. The van der Waals surface area contributed by atoms with E-state index in [1.807, 2.05) is 0 Å². The molecule has 0 aromatic carbocycles. The molecule has 0 amide bonds. The second kappa shape index (κ2) is 7.03. The van der Waals surface area contributed by atoms with Gasteiger partial charge in [-0.1, -0.05) is 26.2 Å². The SMILES string of the molecule is CCCCC[CH]C(O)CO. The Hall–Kier alpha value is -0.0800. The molecule has 1 radical (unpaired) electrons. The van der Waals surface area contributed by atoms with Gasteiger partial charge in [0, 0.05) is 0 Å². The standard InChI is InChI=1S/C8H17O2/c1-2-3-4-5-6-8(10)7-9/h6,8-10H,2-5,7H2,1H3. The normalized spacial score (nSPS) is 13.5. The molecular formula is C8H17O2. The van der Waals surface area contributed by atoms with E-state index in [1.54, 1.807) is 6.42 Å². The number of aliphatic hydroxyl groups is 2. The zero-order valence-electron chi connectivity index (χ0n) is 6.58. The van der Waals surface area contributed by atoms with Crippen LogP contribution in [0.15, 0.2) is 0 Å². The van der Waals surface area contributed by atoms with Gasteiger partial charge in [0.1, 0.15) is 0 Å². The van der Waals surface area contributed by atoms with Crippen molar-refractivity contribution < 1.29 is 10.2 Å². The van der Waals surface area contributed by atoms with Gasteiger partial charge < -0.3 is 10.2 Å². The van der Waals surface area contributed by atoms with E-state index in [-0.39, 0.29) is 6.61 Å². The Kier molecular flexibility index (Phi) is 6.98. The molecule has 0 bridgehead atoms. The Morgan fingerprint density at radius 2 is 2.10 bits per heavy atom. The zero-order chi connectivity index (χ0) is 7.82. The van der Waals surface area contributed by atoms with Crippen LogP contribution in [0.25, 0.3) is 0 Å². The molecule has 0 saturated carbocycles. The molecule has 0 spiro atoms. The quantitative estimate of drug-likeness (QED) is 0.550. The van der Waals surface area contributed by atoms with E-state index < -0.39 is 6.10 Å². The molecule has 2 heteroatoms. The van der Waals surface area contributed by atoms with Gasteiger partial charge in [-0.25, -0.2) is 0 Å². The fourth-order valence-electron chi connectivity index (χ4n) is 0.779. The molecule has 0 aliphatic carbocycles. The Balaban J connectivity index is 2.89. The van der Waals surface area contributed by atoms with Gasteiger partial charge in [0.15, 0.2) is 0 Å². The summed E-state index contributed by atoms with van der Waals surface area (Å²) in [5, 5.41) is 17.3. The first-order chi connectivity index (χ1) is 4.81. The second-order valence-electron chi connectivity index (χ2n) is 2.48. The van der Waals surface area contributed by atoms with E-state index >= 15 is 0 Å². The lowest BCUT2D eigenvalue weighted by Gasteiger charge is -2.04. The third-order valence-electron chi connectivity index (χ3n) is 1.43. The van der Waals surface area contributed by atoms with Crippen molar-refractivity contribution in [2.24, 2.45) is 0 Å². The fourth-order valence-corrected chi connectivity index (χ4v) is 0.779. The van der Waals surface area contributed by atoms with Crippen molar-refractivity contribution in [2.75, 3.05) is 6.61 Å². The van der Waals surface area contributed by atoms with Crippen molar-refractivity contribution in [3.05, 3.63) is 6.42 Å². The van der Waals surface area contributed by atoms with E-state index in [0.29, 0.717) is 0 Å². The van der Waals surface area contributed by atoms with E-state index in [0.717, 1.165) is 12.8 Å².